The average molecular weight is 190 g/mol. The summed E-state index contributed by atoms with van der Waals surface area (Å²) in [5.41, 5.74) is 5.20. The monoisotopic (exact) mass is 190 g/mol. The Hall–Kier alpha value is -0.280. The number of nitrogens with two attached hydrogens (primary N) is 1. The van der Waals surface area contributed by atoms with Gasteiger partial charge in [0.15, 0.2) is 0 Å². The fraction of sp³-hybridized carbons (Fsp3) is 0.857. The molecule has 0 heterocycles. The molecule has 0 saturated heterocycles. The van der Waals surface area contributed by atoms with Crippen molar-refractivity contribution in [2.45, 2.75) is 0 Å². The lowest BCUT2D eigenvalue weighted by molar-refractivity contribution is 0.0571. The Balaban J connectivity index is 2.78. The van der Waals surface area contributed by atoms with Gasteiger partial charge in [0.1, 0.15) is 5.40 Å². The minimum Gasteiger partial charge on any atom is -0.378 e. The minimum absolute atomic E-state index is 0.546. The van der Waals surface area contributed by atoms with Gasteiger partial charge in [-0.15, -0.1) is 0 Å². The van der Waals surface area contributed by atoms with Gasteiger partial charge in [-0.3, -0.25) is 0 Å². The van der Waals surface area contributed by atoms with Crippen LogP contribution < -0.4 is 5.73 Å². The standard InChI is InChI=1S/C7H14N2O2S/c8-1-2-10-3-4-11-5-6-12-7-9/h1-6,8H2. The van der Waals surface area contributed by atoms with Gasteiger partial charge in [-0.1, -0.05) is 0 Å². The zero-order valence-corrected chi connectivity index (χ0v) is 7.81. The molecule has 0 radical (unpaired) electrons. The number of ether oxygens (including phenoxy) is 2. The molecule has 4 nitrogen and oxygen atoms in total. The van der Waals surface area contributed by atoms with Gasteiger partial charge in [0.25, 0.3) is 0 Å². The highest BCUT2D eigenvalue weighted by atomic mass is 32.2. The third-order valence-electron chi connectivity index (χ3n) is 1.03. The SMILES string of the molecule is N#CSCCOCCOCCN. The van der Waals surface area contributed by atoms with Crippen LogP contribution >= 0.6 is 11.8 Å². The lowest BCUT2D eigenvalue weighted by atomic mass is 10.7. The van der Waals surface area contributed by atoms with E-state index in [9.17, 15) is 0 Å². The van der Waals surface area contributed by atoms with Crippen LogP contribution in [0.3, 0.4) is 0 Å². The first kappa shape index (κ1) is 11.7. The van der Waals surface area contributed by atoms with Crippen molar-refractivity contribution < 1.29 is 9.47 Å². The molecule has 5 heteroatoms. The molecule has 0 saturated carbocycles. The van der Waals surface area contributed by atoms with E-state index in [1.165, 1.54) is 11.8 Å². The van der Waals surface area contributed by atoms with E-state index in [0.717, 1.165) is 0 Å². The number of thiocyanates is 1. The van der Waals surface area contributed by atoms with Gasteiger partial charge >= 0.3 is 0 Å². The van der Waals surface area contributed by atoms with E-state index in [-0.39, 0.29) is 0 Å². The summed E-state index contributed by atoms with van der Waals surface area (Å²) in [5, 5.41) is 10.1. The fourth-order valence-electron chi connectivity index (χ4n) is 0.552. The maximum Gasteiger partial charge on any atom is 0.133 e. The first-order valence-electron chi connectivity index (χ1n) is 3.78. The van der Waals surface area contributed by atoms with Crippen molar-refractivity contribution in [2.24, 2.45) is 5.73 Å². The van der Waals surface area contributed by atoms with Crippen molar-refractivity contribution in [1.82, 2.24) is 0 Å². The lowest BCUT2D eigenvalue weighted by Crippen LogP contribution is -2.12. The molecule has 70 valence electrons. The fourth-order valence-corrected chi connectivity index (χ4v) is 0.844. The molecule has 0 bridgehead atoms. The van der Waals surface area contributed by atoms with Crippen LogP contribution in [0.2, 0.25) is 0 Å². The van der Waals surface area contributed by atoms with Gasteiger partial charge in [-0.05, 0) is 11.8 Å². The Morgan fingerprint density at radius 1 is 1.17 bits per heavy atom. The van der Waals surface area contributed by atoms with E-state index in [0.29, 0.717) is 38.7 Å². The largest absolute Gasteiger partial charge is 0.378 e. The molecular formula is C7H14N2O2S. The number of hydrogen-bond acceptors (Lipinski definition) is 5. The van der Waals surface area contributed by atoms with E-state index in [4.69, 9.17) is 20.5 Å². The quantitative estimate of drug-likeness (QED) is 0.437. The predicted octanol–water partition coefficient (Wildman–Crippen LogP) is 0.193. The highest BCUT2D eigenvalue weighted by molar-refractivity contribution is 8.03. The molecule has 0 spiro atoms. The van der Waals surface area contributed by atoms with Crippen LogP contribution in [0.1, 0.15) is 0 Å². The van der Waals surface area contributed by atoms with Gasteiger partial charge < -0.3 is 15.2 Å². The molecular weight excluding hydrogens is 176 g/mol. The Kier molecular flexibility index (Phi) is 10.5. The molecule has 0 rings (SSSR count). The Morgan fingerprint density at radius 3 is 2.42 bits per heavy atom. The molecule has 0 aromatic rings. The summed E-state index contributed by atoms with van der Waals surface area (Å²) < 4.78 is 10.2. The average Bonchev–Trinajstić information content (AvgIpc) is 2.10. The summed E-state index contributed by atoms with van der Waals surface area (Å²) >= 11 is 1.20. The zero-order chi connectivity index (χ0) is 9.07. The second kappa shape index (κ2) is 10.7. The molecule has 0 aliphatic heterocycles. The minimum atomic E-state index is 0.546. The summed E-state index contributed by atoms with van der Waals surface area (Å²) in [6.07, 6.45) is 0. The number of nitrogens with zero attached hydrogens (tertiary/aromatic N) is 1. The summed E-state index contributed by atoms with van der Waals surface area (Å²) in [5.74, 6) is 0.716. The van der Waals surface area contributed by atoms with Gasteiger partial charge in [0.05, 0.1) is 26.4 Å². The molecule has 12 heavy (non-hydrogen) atoms. The van der Waals surface area contributed by atoms with Gasteiger partial charge in [0, 0.05) is 12.3 Å². The Morgan fingerprint density at radius 2 is 1.83 bits per heavy atom. The van der Waals surface area contributed by atoms with E-state index in [1.807, 2.05) is 5.40 Å². The van der Waals surface area contributed by atoms with Crippen molar-refractivity contribution in [3.05, 3.63) is 0 Å². The summed E-state index contributed by atoms with van der Waals surface area (Å²) in [4.78, 5) is 0. The summed E-state index contributed by atoms with van der Waals surface area (Å²) in [7, 11) is 0. The van der Waals surface area contributed by atoms with Crippen LogP contribution in [0.4, 0.5) is 0 Å². The third kappa shape index (κ3) is 9.72. The highest BCUT2D eigenvalue weighted by Gasteiger charge is 1.89. The van der Waals surface area contributed by atoms with Crippen molar-refractivity contribution in [3.8, 4) is 5.40 Å². The lowest BCUT2D eigenvalue weighted by Gasteiger charge is -2.02. The van der Waals surface area contributed by atoms with Crippen molar-refractivity contribution in [3.63, 3.8) is 0 Å². The van der Waals surface area contributed by atoms with Crippen molar-refractivity contribution >= 4 is 11.8 Å². The predicted molar refractivity (Wildman–Crippen MR) is 48.8 cm³/mol. The highest BCUT2D eigenvalue weighted by Crippen LogP contribution is 1.94. The first-order chi connectivity index (χ1) is 5.91. The second-order valence-corrected chi connectivity index (χ2v) is 2.83. The van der Waals surface area contributed by atoms with Crippen LogP contribution in [0.25, 0.3) is 0 Å². The third-order valence-corrected chi connectivity index (χ3v) is 1.53. The topological polar surface area (TPSA) is 68.3 Å². The second-order valence-electron chi connectivity index (χ2n) is 1.95. The number of rotatable bonds is 8. The number of hydrogen-bond donors (Lipinski definition) is 1. The Bertz CT molecular complexity index is 127. The zero-order valence-electron chi connectivity index (χ0n) is 6.99. The van der Waals surface area contributed by atoms with Gasteiger partial charge in [-0.25, -0.2) is 0 Å². The molecule has 0 aliphatic carbocycles. The molecule has 2 N–H and O–H groups in total. The van der Waals surface area contributed by atoms with Crippen molar-refractivity contribution in [2.75, 3.05) is 38.7 Å². The number of thioether (sulfide) groups is 1. The maximum absolute atomic E-state index is 8.16. The molecule has 0 aliphatic rings. The molecule has 0 unspecified atom stereocenters. The first-order valence-corrected chi connectivity index (χ1v) is 4.76. The molecule has 0 amide bonds. The van der Waals surface area contributed by atoms with Crippen LogP contribution in [0, 0.1) is 10.7 Å². The summed E-state index contributed by atoms with van der Waals surface area (Å²) in [6, 6.07) is 0. The molecule has 0 aromatic carbocycles. The maximum atomic E-state index is 8.16. The van der Waals surface area contributed by atoms with Crippen LogP contribution in [-0.2, 0) is 9.47 Å². The van der Waals surface area contributed by atoms with Gasteiger partial charge in [0.2, 0.25) is 0 Å². The van der Waals surface area contributed by atoms with Crippen LogP contribution in [0.5, 0.6) is 0 Å². The smallest absolute Gasteiger partial charge is 0.133 e. The Labute approximate surface area is 77.0 Å². The van der Waals surface area contributed by atoms with Crippen molar-refractivity contribution in [1.29, 1.82) is 5.26 Å². The van der Waals surface area contributed by atoms with Gasteiger partial charge in [-0.2, -0.15) is 5.26 Å². The van der Waals surface area contributed by atoms with E-state index >= 15 is 0 Å². The van der Waals surface area contributed by atoms with E-state index in [1.54, 1.807) is 0 Å². The van der Waals surface area contributed by atoms with E-state index < -0.39 is 0 Å². The molecule has 0 atom stereocenters. The molecule has 0 fully saturated rings. The van der Waals surface area contributed by atoms with E-state index in [2.05, 4.69) is 0 Å². The normalized spacial score (nSPS) is 9.67. The van der Waals surface area contributed by atoms with Crippen LogP contribution in [-0.4, -0.2) is 38.7 Å². The molecule has 0 aromatic heterocycles. The van der Waals surface area contributed by atoms with Crippen LogP contribution in [0.15, 0.2) is 0 Å². The summed E-state index contributed by atoms with van der Waals surface area (Å²) in [6.45, 7) is 2.88. The number of nitriles is 1.